The van der Waals surface area contributed by atoms with Gasteiger partial charge in [0.1, 0.15) is 12.6 Å². The highest BCUT2D eigenvalue weighted by molar-refractivity contribution is 5.98. The standard InChI is InChI=1S/C26H25N5O5/c1-3-35-26(34)30-22(16-36-25(33)19-7-5-11-27-14-19)24(32)29-20-10-9-18-15-28-31(23(18)13-20)21-8-4-6-17(2)12-21/h4-15,22H,3,16H2,1-2H3,(H,29,32)(H,30,34)/t22-/m0/s1. The van der Waals surface area contributed by atoms with Crippen molar-refractivity contribution in [3.63, 3.8) is 0 Å². The van der Waals surface area contributed by atoms with Gasteiger partial charge in [-0.2, -0.15) is 5.10 Å². The number of esters is 1. The average Bonchev–Trinajstić information content (AvgIpc) is 3.30. The molecule has 2 aromatic carbocycles. The third kappa shape index (κ3) is 5.84. The molecule has 0 saturated heterocycles. The van der Waals surface area contributed by atoms with Crippen molar-refractivity contribution < 1.29 is 23.9 Å². The van der Waals surface area contributed by atoms with E-state index in [1.54, 1.807) is 36.0 Å². The number of pyridine rings is 1. The zero-order valence-electron chi connectivity index (χ0n) is 19.8. The molecular formula is C26H25N5O5. The summed E-state index contributed by atoms with van der Waals surface area (Å²) in [5.41, 5.74) is 3.47. The van der Waals surface area contributed by atoms with Gasteiger partial charge in [0.2, 0.25) is 0 Å². The number of hydrogen-bond acceptors (Lipinski definition) is 7. The van der Waals surface area contributed by atoms with Gasteiger partial charge in [-0.05, 0) is 61.9 Å². The molecule has 10 heteroatoms. The molecule has 0 aliphatic rings. The van der Waals surface area contributed by atoms with E-state index in [0.717, 1.165) is 22.2 Å². The highest BCUT2D eigenvalue weighted by Gasteiger charge is 2.24. The molecule has 0 spiro atoms. The highest BCUT2D eigenvalue weighted by atomic mass is 16.6. The first-order valence-corrected chi connectivity index (χ1v) is 11.3. The minimum absolute atomic E-state index is 0.120. The van der Waals surface area contributed by atoms with E-state index >= 15 is 0 Å². The molecule has 184 valence electrons. The molecule has 4 aromatic rings. The molecule has 10 nitrogen and oxygen atoms in total. The molecule has 0 fully saturated rings. The number of ether oxygens (including phenoxy) is 2. The molecule has 1 atom stereocenters. The Bertz CT molecular complexity index is 1390. The van der Waals surface area contributed by atoms with Crippen LogP contribution >= 0.6 is 0 Å². The summed E-state index contributed by atoms with van der Waals surface area (Å²) >= 11 is 0. The van der Waals surface area contributed by atoms with E-state index in [1.165, 1.54) is 18.5 Å². The van der Waals surface area contributed by atoms with Crippen LogP contribution in [0.4, 0.5) is 10.5 Å². The van der Waals surface area contributed by atoms with Crippen LogP contribution < -0.4 is 10.6 Å². The van der Waals surface area contributed by atoms with Crippen molar-refractivity contribution in [2.24, 2.45) is 0 Å². The second kappa shape index (κ2) is 11.1. The number of nitrogens with zero attached hydrogens (tertiary/aromatic N) is 3. The third-order valence-corrected chi connectivity index (χ3v) is 5.25. The topological polar surface area (TPSA) is 124 Å². The lowest BCUT2D eigenvalue weighted by Gasteiger charge is -2.18. The Hall–Kier alpha value is -4.73. The van der Waals surface area contributed by atoms with Gasteiger partial charge in [0, 0.05) is 23.5 Å². The molecule has 0 bridgehead atoms. The zero-order valence-corrected chi connectivity index (χ0v) is 19.8. The van der Waals surface area contributed by atoms with E-state index in [2.05, 4.69) is 20.7 Å². The van der Waals surface area contributed by atoms with E-state index in [9.17, 15) is 14.4 Å². The number of anilines is 1. The molecule has 2 N–H and O–H groups in total. The Morgan fingerprint density at radius 1 is 1.03 bits per heavy atom. The summed E-state index contributed by atoms with van der Waals surface area (Å²) < 4.78 is 11.9. The van der Waals surface area contributed by atoms with Crippen LogP contribution in [0.5, 0.6) is 0 Å². The lowest BCUT2D eigenvalue weighted by atomic mass is 10.2. The Morgan fingerprint density at radius 2 is 1.89 bits per heavy atom. The predicted octanol–water partition coefficient (Wildman–Crippen LogP) is 3.64. The fourth-order valence-electron chi connectivity index (χ4n) is 3.51. The van der Waals surface area contributed by atoms with Crippen molar-refractivity contribution in [1.29, 1.82) is 0 Å². The molecule has 2 amide bonds. The van der Waals surface area contributed by atoms with Crippen LogP contribution in [0.1, 0.15) is 22.8 Å². The molecule has 0 unspecified atom stereocenters. The van der Waals surface area contributed by atoms with Gasteiger partial charge in [0.05, 0.1) is 29.6 Å². The second-order valence-electron chi connectivity index (χ2n) is 7.92. The summed E-state index contributed by atoms with van der Waals surface area (Å²) in [6, 6.07) is 15.2. The van der Waals surface area contributed by atoms with Crippen LogP contribution in [0.3, 0.4) is 0 Å². The van der Waals surface area contributed by atoms with Gasteiger partial charge in [-0.25, -0.2) is 14.3 Å². The number of nitrogens with one attached hydrogen (secondary N) is 2. The van der Waals surface area contributed by atoms with Crippen molar-refractivity contribution in [2.75, 3.05) is 18.5 Å². The van der Waals surface area contributed by atoms with Gasteiger partial charge in [-0.15, -0.1) is 0 Å². The molecule has 2 aromatic heterocycles. The smallest absolute Gasteiger partial charge is 0.407 e. The van der Waals surface area contributed by atoms with E-state index in [0.29, 0.717) is 5.69 Å². The van der Waals surface area contributed by atoms with E-state index < -0.39 is 30.6 Å². The molecule has 36 heavy (non-hydrogen) atoms. The van der Waals surface area contributed by atoms with Crippen LogP contribution in [0.15, 0.2) is 73.2 Å². The molecular weight excluding hydrogens is 462 g/mol. The Balaban J connectivity index is 1.52. The van der Waals surface area contributed by atoms with Gasteiger partial charge in [-0.3, -0.25) is 9.78 Å². The number of fused-ring (bicyclic) bond motifs is 1. The van der Waals surface area contributed by atoms with Crippen LogP contribution in [0.25, 0.3) is 16.6 Å². The zero-order chi connectivity index (χ0) is 25.5. The van der Waals surface area contributed by atoms with E-state index in [-0.39, 0.29) is 12.2 Å². The maximum absolute atomic E-state index is 13.1. The largest absolute Gasteiger partial charge is 0.459 e. The summed E-state index contributed by atoms with van der Waals surface area (Å²) in [5.74, 6) is -1.25. The maximum Gasteiger partial charge on any atom is 0.407 e. The number of carbonyl (C=O) groups excluding carboxylic acids is 3. The molecule has 4 rings (SSSR count). The lowest BCUT2D eigenvalue weighted by molar-refractivity contribution is -0.119. The molecule has 0 saturated carbocycles. The second-order valence-corrected chi connectivity index (χ2v) is 7.92. The number of alkyl carbamates (subject to hydrolysis) is 1. The van der Waals surface area contributed by atoms with E-state index in [1.807, 2.05) is 37.3 Å². The Labute approximate surface area is 207 Å². The lowest BCUT2D eigenvalue weighted by Crippen LogP contribution is -2.47. The van der Waals surface area contributed by atoms with Crippen LogP contribution in [0.2, 0.25) is 0 Å². The molecule has 2 heterocycles. The number of hydrogen-bond donors (Lipinski definition) is 2. The Kier molecular flexibility index (Phi) is 7.54. The predicted molar refractivity (Wildman–Crippen MR) is 133 cm³/mol. The summed E-state index contributed by atoms with van der Waals surface area (Å²) in [5, 5.41) is 10.6. The van der Waals surface area contributed by atoms with E-state index in [4.69, 9.17) is 9.47 Å². The first kappa shape index (κ1) is 24.4. The SMILES string of the molecule is CCOC(=O)N[C@@H](COC(=O)c1cccnc1)C(=O)Nc1ccc2cnn(-c3cccc(C)c3)c2c1. The van der Waals surface area contributed by atoms with Gasteiger partial charge < -0.3 is 20.1 Å². The van der Waals surface area contributed by atoms with Crippen molar-refractivity contribution in [1.82, 2.24) is 20.1 Å². The van der Waals surface area contributed by atoms with Crippen molar-refractivity contribution in [3.05, 3.63) is 84.3 Å². The Morgan fingerprint density at radius 3 is 2.64 bits per heavy atom. The first-order valence-electron chi connectivity index (χ1n) is 11.3. The number of aromatic nitrogens is 3. The number of aryl methyl sites for hydroxylation is 1. The van der Waals surface area contributed by atoms with Gasteiger partial charge in [0.15, 0.2) is 0 Å². The van der Waals surface area contributed by atoms with Gasteiger partial charge >= 0.3 is 12.1 Å². The van der Waals surface area contributed by atoms with Crippen molar-refractivity contribution in [3.8, 4) is 5.69 Å². The minimum Gasteiger partial charge on any atom is -0.459 e. The summed E-state index contributed by atoms with van der Waals surface area (Å²) in [7, 11) is 0. The van der Waals surface area contributed by atoms with Crippen LogP contribution in [-0.4, -0.2) is 52.0 Å². The summed E-state index contributed by atoms with van der Waals surface area (Å²) in [6.07, 6.45) is 3.81. The molecule has 0 aliphatic heterocycles. The highest BCUT2D eigenvalue weighted by Crippen LogP contribution is 2.23. The van der Waals surface area contributed by atoms with Crippen LogP contribution in [0, 0.1) is 6.92 Å². The summed E-state index contributed by atoms with van der Waals surface area (Å²) in [6.45, 7) is 3.36. The number of carbonyl (C=O) groups is 3. The number of amides is 2. The average molecular weight is 488 g/mol. The van der Waals surface area contributed by atoms with Crippen molar-refractivity contribution >= 4 is 34.6 Å². The minimum atomic E-state index is -1.19. The third-order valence-electron chi connectivity index (χ3n) is 5.25. The fourth-order valence-corrected chi connectivity index (χ4v) is 3.51. The molecule has 0 radical (unpaired) electrons. The normalized spacial score (nSPS) is 11.5. The number of rotatable bonds is 8. The van der Waals surface area contributed by atoms with Crippen LogP contribution in [-0.2, 0) is 14.3 Å². The molecule has 0 aliphatic carbocycles. The van der Waals surface area contributed by atoms with Crippen molar-refractivity contribution in [2.45, 2.75) is 19.9 Å². The quantitative estimate of drug-likeness (QED) is 0.364. The number of benzene rings is 2. The summed E-state index contributed by atoms with van der Waals surface area (Å²) in [4.78, 5) is 41.3. The van der Waals surface area contributed by atoms with Gasteiger partial charge in [-0.1, -0.05) is 12.1 Å². The monoisotopic (exact) mass is 487 g/mol. The van der Waals surface area contributed by atoms with Gasteiger partial charge in [0.25, 0.3) is 5.91 Å². The first-order chi connectivity index (χ1) is 17.4. The fraction of sp³-hybridized carbons (Fsp3) is 0.192. The maximum atomic E-state index is 13.1.